The molecule has 2 aromatic rings. The van der Waals surface area contributed by atoms with Crippen molar-refractivity contribution in [2.75, 3.05) is 13.3 Å². The minimum Gasteiger partial charge on any atom is -0.467 e. The van der Waals surface area contributed by atoms with E-state index in [2.05, 4.69) is 36.7 Å². The van der Waals surface area contributed by atoms with Gasteiger partial charge in [-0.3, -0.25) is 5.32 Å². The largest absolute Gasteiger partial charge is 0.467 e. The van der Waals surface area contributed by atoms with Gasteiger partial charge in [-0.05, 0) is 25.4 Å². The van der Waals surface area contributed by atoms with Crippen LogP contribution in [0.4, 0.5) is 0 Å². The second-order valence-corrected chi connectivity index (χ2v) is 5.40. The van der Waals surface area contributed by atoms with Gasteiger partial charge < -0.3 is 4.74 Å². The lowest BCUT2D eigenvalue weighted by Crippen LogP contribution is -2.45. The maximum Gasteiger partial charge on any atom is 0.186 e. The van der Waals surface area contributed by atoms with Gasteiger partial charge in [-0.1, -0.05) is 49.4 Å². The lowest BCUT2D eigenvalue weighted by atomic mass is 10.00. The van der Waals surface area contributed by atoms with Crippen molar-refractivity contribution in [2.24, 2.45) is 0 Å². The molecule has 2 aromatic carbocycles. The Bertz CT molecular complexity index is 538. The molecule has 0 heterocycles. The summed E-state index contributed by atoms with van der Waals surface area (Å²) in [6, 6.07) is 18.5. The lowest BCUT2D eigenvalue weighted by Gasteiger charge is -2.34. The summed E-state index contributed by atoms with van der Waals surface area (Å²) >= 11 is 1.70. The van der Waals surface area contributed by atoms with E-state index in [9.17, 15) is 0 Å². The molecule has 0 aromatic heterocycles. The summed E-state index contributed by atoms with van der Waals surface area (Å²) in [4.78, 5) is 1.15. The van der Waals surface area contributed by atoms with Gasteiger partial charge in [0.25, 0.3) is 0 Å². The van der Waals surface area contributed by atoms with Crippen LogP contribution in [0.2, 0.25) is 0 Å². The summed E-state index contributed by atoms with van der Waals surface area (Å²) < 4.78 is 6.38. The highest BCUT2D eigenvalue weighted by atomic mass is 32.2. The average Bonchev–Trinajstić information content (AvgIpc) is 2.54. The summed E-state index contributed by atoms with van der Waals surface area (Å²) in [5, 5.41) is 3.35. The van der Waals surface area contributed by atoms with E-state index >= 15 is 0 Å². The van der Waals surface area contributed by atoms with Crippen LogP contribution in [0.25, 0.3) is 0 Å². The first-order valence-corrected chi connectivity index (χ1v) is 8.04. The molecular formula is C17H21NOS. The molecule has 3 heteroatoms. The smallest absolute Gasteiger partial charge is 0.186 e. The predicted molar refractivity (Wildman–Crippen MR) is 86.3 cm³/mol. The van der Waals surface area contributed by atoms with Crippen LogP contribution in [-0.2, 0) is 5.72 Å². The molecule has 0 aliphatic carbocycles. The fraction of sp³-hybridized carbons (Fsp3) is 0.294. The fourth-order valence-corrected chi connectivity index (χ4v) is 2.83. The molecule has 0 saturated carbocycles. The molecular weight excluding hydrogens is 266 g/mol. The Morgan fingerprint density at radius 2 is 1.70 bits per heavy atom. The monoisotopic (exact) mass is 287 g/mol. The highest BCUT2D eigenvalue weighted by Gasteiger charge is 2.31. The highest BCUT2D eigenvalue weighted by molar-refractivity contribution is 7.98. The molecule has 2 rings (SSSR count). The number of thioether (sulfide) groups is 1. The molecule has 1 N–H and O–H groups in total. The van der Waals surface area contributed by atoms with Crippen LogP contribution in [0.5, 0.6) is 5.75 Å². The number of para-hydroxylation sites is 1. The molecule has 0 aliphatic rings. The van der Waals surface area contributed by atoms with E-state index in [4.69, 9.17) is 4.74 Å². The summed E-state index contributed by atoms with van der Waals surface area (Å²) in [5.41, 5.74) is 0.647. The number of hydrogen-bond donors (Lipinski definition) is 1. The number of hydrogen-bond acceptors (Lipinski definition) is 3. The van der Waals surface area contributed by atoms with Gasteiger partial charge >= 0.3 is 0 Å². The van der Waals surface area contributed by atoms with Crippen molar-refractivity contribution in [3.05, 3.63) is 60.2 Å². The van der Waals surface area contributed by atoms with Gasteiger partial charge in [-0.25, -0.2) is 0 Å². The SMILES string of the molecule is CC[C@@](NC)(Oc1ccccc1SC)c1ccccc1. The molecule has 0 radical (unpaired) electrons. The van der Waals surface area contributed by atoms with Crippen LogP contribution >= 0.6 is 11.8 Å². The van der Waals surface area contributed by atoms with E-state index in [0.29, 0.717) is 0 Å². The third-order valence-electron chi connectivity index (χ3n) is 3.50. The molecule has 0 unspecified atom stereocenters. The van der Waals surface area contributed by atoms with Gasteiger partial charge in [0.2, 0.25) is 0 Å². The molecule has 0 spiro atoms. The summed E-state index contributed by atoms with van der Waals surface area (Å²) in [5.74, 6) is 0.917. The van der Waals surface area contributed by atoms with Gasteiger partial charge in [0.15, 0.2) is 5.72 Å². The summed E-state index contributed by atoms with van der Waals surface area (Å²) in [6.45, 7) is 2.13. The van der Waals surface area contributed by atoms with Crippen LogP contribution in [-0.4, -0.2) is 13.3 Å². The molecule has 2 nitrogen and oxygen atoms in total. The van der Waals surface area contributed by atoms with Crippen LogP contribution in [0.15, 0.2) is 59.5 Å². The number of nitrogens with one attached hydrogen (secondary N) is 1. The van der Waals surface area contributed by atoms with Crippen molar-refractivity contribution in [1.82, 2.24) is 5.32 Å². The highest BCUT2D eigenvalue weighted by Crippen LogP contribution is 2.34. The van der Waals surface area contributed by atoms with Gasteiger partial charge in [0.05, 0.1) is 0 Å². The van der Waals surface area contributed by atoms with Crippen molar-refractivity contribution < 1.29 is 4.74 Å². The number of rotatable bonds is 6. The minimum absolute atomic E-state index is 0.493. The van der Waals surface area contributed by atoms with Crippen molar-refractivity contribution >= 4 is 11.8 Å². The van der Waals surface area contributed by atoms with Crippen molar-refractivity contribution in [3.63, 3.8) is 0 Å². The van der Waals surface area contributed by atoms with Crippen molar-refractivity contribution in [3.8, 4) is 5.75 Å². The molecule has 1 atom stereocenters. The van der Waals surface area contributed by atoms with Crippen molar-refractivity contribution in [2.45, 2.75) is 24.0 Å². The standard InChI is InChI=1S/C17H21NOS/c1-4-17(18-2,14-10-6-5-7-11-14)19-15-12-8-9-13-16(15)20-3/h5-13,18H,4H2,1-3H3/t17-/m1/s1. The van der Waals surface area contributed by atoms with Gasteiger partial charge in [-0.2, -0.15) is 0 Å². The number of ether oxygens (including phenoxy) is 1. The molecule has 0 aliphatic heterocycles. The fourth-order valence-electron chi connectivity index (χ4n) is 2.31. The van der Waals surface area contributed by atoms with E-state index in [1.807, 2.05) is 43.4 Å². The average molecular weight is 287 g/mol. The van der Waals surface area contributed by atoms with Gasteiger partial charge in [-0.15, -0.1) is 11.8 Å². The Hall–Kier alpha value is -1.45. The zero-order valence-corrected chi connectivity index (χ0v) is 13.0. The number of benzene rings is 2. The van der Waals surface area contributed by atoms with E-state index in [1.54, 1.807) is 11.8 Å². The minimum atomic E-state index is -0.493. The third-order valence-corrected chi connectivity index (χ3v) is 4.27. The normalized spacial score (nSPS) is 13.8. The quantitative estimate of drug-likeness (QED) is 0.633. The van der Waals surface area contributed by atoms with E-state index in [0.717, 1.165) is 22.6 Å². The first-order valence-electron chi connectivity index (χ1n) is 6.82. The Balaban J connectivity index is 2.39. The molecule has 0 fully saturated rings. The Morgan fingerprint density at radius 1 is 1.05 bits per heavy atom. The molecule has 106 valence electrons. The summed E-state index contributed by atoms with van der Waals surface area (Å²) in [7, 11) is 1.94. The van der Waals surface area contributed by atoms with Gasteiger partial charge in [0, 0.05) is 16.9 Å². The molecule has 0 bridgehead atoms. The molecule has 0 amide bonds. The van der Waals surface area contributed by atoms with E-state index < -0.39 is 5.72 Å². The maximum atomic E-state index is 6.38. The van der Waals surface area contributed by atoms with Crippen LogP contribution in [0.1, 0.15) is 18.9 Å². The first kappa shape index (κ1) is 14.9. The van der Waals surface area contributed by atoms with Crippen LogP contribution < -0.4 is 10.1 Å². The Kier molecular flexibility index (Phi) is 5.10. The lowest BCUT2D eigenvalue weighted by molar-refractivity contribution is 0.0298. The third kappa shape index (κ3) is 3.00. The zero-order valence-electron chi connectivity index (χ0n) is 12.2. The topological polar surface area (TPSA) is 21.3 Å². The Labute approximate surface area is 125 Å². The first-order chi connectivity index (χ1) is 9.75. The second kappa shape index (κ2) is 6.82. The van der Waals surface area contributed by atoms with E-state index in [-0.39, 0.29) is 0 Å². The van der Waals surface area contributed by atoms with Crippen LogP contribution in [0.3, 0.4) is 0 Å². The Morgan fingerprint density at radius 3 is 2.30 bits per heavy atom. The predicted octanol–water partition coefficient (Wildman–Crippen LogP) is 4.27. The maximum absolute atomic E-state index is 6.38. The van der Waals surface area contributed by atoms with E-state index in [1.165, 1.54) is 0 Å². The van der Waals surface area contributed by atoms with Gasteiger partial charge in [0.1, 0.15) is 5.75 Å². The second-order valence-electron chi connectivity index (χ2n) is 4.55. The summed E-state index contributed by atoms with van der Waals surface area (Å²) in [6.07, 6.45) is 2.91. The van der Waals surface area contributed by atoms with Crippen LogP contribution in [0, 0.1) is 0 Å². The molecule has 20 heavy (non-hydrogen) atoms. The van der Waals surface area contributed by atoms with Crippen molar-refractivity contribution in [1.29, 1.82) is 0 Å². The zero-order chi connectivity index (χ0) is 14.4. The molecule has 0 saturated heterocycles.